The van der Waals surface area contributed by atoms with Gasteiger partial charge in [-0.2, -0.15) is 0 Å². The van der Waals surface area contributed by atoms with E-state index in [4.69, 9.17) is 0 Å². The van der Waals surface area contributed by atoms with Crippen LogP contribution in [0.2, 0.25) is 0 Å². The second kappa shape index (κ2) is 4.69. The Kier molecular flexibility index (Phi) is 3.39. The number of nitrogens with one attached hydrogen (secondary N) is 1. The molecule has 1 aromatic heterocycles. The molecule has 1 N–H and O–H groups in total. The number of thiazole rings is 1. The van der Waals surface area contributed by atoms with E-state index in [0.29, 0.717) is 5.13 Å². The van der Waals surface area contributed by atoms with Crippen molar-refractivity contribution in [2.75, 3.05) is 5.32 Å². The second-order valence-corrected chi connectivity index (χ2v) is 6.37. The van der Waals surface area contributed by atoms with Crippen molar-refractivity contribution in [2.24, 2.45) is 5.41 Å². The molecule has 0 saturated heterocycles. The highest BCUT2D eigenvalue weighted by molar-refractivity contribution is 7.22. The number of hydrogen-bond acceptors (Lipinski definition) is 3. The first-order chi connectivity index (χ1) is 8.41. The molecule has 1 aromatic carbocycles. The maximum atomic E-state index is 11.9. The number of carbonyl (C=O) groups excluding carboxylic acids is 1. The van der Waals surface area contributed by atoms with Crippen LogP contribution in [0.15, 0.2) is 18.2 Å². The summed E-state index contributed by atoms with van der Waals surface area (Å²) in [7, 11) is 0. The first kappa shape index (κ1) is 13.0. The Balaban J connectivity index is 2.34. The summed E-state index contributed by atoms with van der Waals surface area (Å²) in [5, 5.41) is 3.58. The molecule has 0 spiro atoms. The Morgan fingerprint density at radius 2 is 2.11 bits per heavy atom. The third kappa shape index (κ3) is 2.53. The van der Waals surface area contributed by atoms with E-state index in [0.717, 1.165) is 16.6 Å². The number of fused-ring (bicyclic) bond motifs is 1. The van der Waals surface area contributed by atoms with Crippen LogP contribution in [0.1, 0.15) is 33.3 Å². The van der Waals surface area contributed by atoms with Crippen LogP contribution in [-0.2, 0) is 11.2 Å². The summed E-state index contributed by atoms with van der Waals surface area (Å²) >= 11 is 1.53. The summed E-state index contributed by atoms with van der Waals surface area (Å²) in [5.74, 6) is -0.000366. The first-order valence-corrected chi connectivity index (χ1v) is 6.93. The molecule has 3 nitrogen and oxygen atoms in total. The van der Waals surface area contributed by atoms with Gasteiger partial charge in [-0.05, 0) is 18.1 Å². The predicted octanol–water partition coefficient (Wildman–Crippen LogP) is 3.84. The zero-order chi connectivity index (χ0) is 13.3. The van der Waals surface area contributed by atoms with E-state index in [1.807, 2.05) is 32.9 Å². The van der Waals surface area contributed by atoms with E-state index in [-0.39, 0.29) is 5.91 Å². The fraction of sp³-hybridized carbons (Fsp3) is 0.429. The fourth-order valence-corrected chi connectivity index (χ4v) is 2.54. The molecular formula is C14H18N2OS. The lowest BCUT2D eigenvalue weighted by atomic mass is 9.96. The van der Waals surface area contributed by atoms with Gasteiger partial charge in [-0.3, -0.25) is 4.79 Å². The van der Waals surface area contributed by atoms with E-state index in [1.165, 1.54) is 16.9 Å². The third-order valence-electron chi connectivity index (χ3n) is 2.79. The van der Waals surface area contributed by atoms with Crippen molar-refractivity contribution < 1.29 is 4.79 Å². The second-order valence-electron chi connectivity index (χ2n) is 5.34. The molecule has 4 heteroatoms. The monoisotopic (exact) mass is 262 g/mol. The van der Waals surface area contributed by atoms with Crippen LogP contribution >= 0.6 is 11.3 Å². The zero-order valence-electron chi connectivity index (χ0n) is 11.2. The van der Waals surface area contributed by atoms with Gasteiger partial charge in [-0.15, -0.1) is 0 Å². The number of anilines is 1. The Morgan fingerprint density at radius 3 is 2.72 bits per heavy atom. The van der Waals surface area contributed by atoms with Gasteiger partial charge in [-0.25, -0.2) is 4.98 Å². The lowest BCUT2D eigenvalue weighted by Gasteiger charge is -2.15. The van der Waals surface area contributed by atoms with Gasteiger partial charge in [0.1, 0.15) is 0 Å². The minimum atomic E-state index is -0.397. The number of aryl methyl sites for hydroxylation is 1. The molecule has 18 heavy (non-hydrogen) atoms. The SMILES string of the molecule is CCc1cccc2sc(NC(=O)C(C)(C)C)nc12. The van der Waals surface area contributed by atoms with Gasteiger partial charge < -0.3 is 5.32 Å². The van der Waals surface area contributed by atoms with Crippen LogP contribution in [-0.4, -0.2) is 10.9 Å². The van der Waals surface area contributed by atoms with Crippen LogP contribution in [0.5, 0.6) is 0 Å². The van der Waals surface area contributed by atoms with Gasteiger partial charge in [0.2, 0.25) is 5.91 Å². The van der Waals surface area contributed by atoms with Crippen molar-refractivity contribution in [2.45, 2.75) is 34.1 Å². The van der Waals surface area contributed by atoms with E-state index in [9.17, 15) is 4.79 Å². The van der Waals surface area contributed by atoms with Crippen LogP contribution in [0.3, 0.4) is 0 Å². The summed E-state index contributed by atoms with van der Waals surface area (Å²) in [6.45, 7) is 7.80. The molecule has 1 amide bonds. The Labute approximate surface area is 111 Å². The third-order valence-corrected chi connectivity index (χ3v) is 3.72. The molecule has 0 fully saturated rings. The van der Waals surface area contributed by atoms with E-state index in [1.54, 1.807) is 0 Å². The molecule has 0 aliphatic carbocycles. The van der Waals surface area contributed by atoms with Gasteiger partial charge in [0, 0.05) is 5.41 Å². The molecule has 1 heterocycles. The van der Waals surface area contributed by atoms with E-state index in [2.05, 4.69) is 23.3 Å². The van der Waals surface area contributed by atoms with Gasteiger partial charge in [0.05, 0.1) is 10.2 Å². The first-order valence-electron chi connectivity index (χ1n) is 6.11. The standard InChI is InChI=1S/C14H18N2OS/c1-5-9-7-6-8-10-11(9)15-13(18-10)16-12(17)14(2,3)4/h6-8H,5H2,1-4H3,(H,15,16,17). The quantitative estimate of drug-likeness (QED) is 0.893. The van der Waals surface area contributed by atoms with Crippen LogP contribution in [0.4, 0.5) is 5.13 Å². The number of hydrogen-bond donors (Lipinski definition) is 1. The maximum absolute atomic E-state index is 11.9. The molecule has 2 rings (SSSR count). The Morgan fingerprint density at radius 1 is 1.39 bits per heavy atom. The lowest BCUT2D eigenvalue weighted by Crippen LogP contribution is -2.27. The number of para-hydroxylation sites is 1. The van der Waals surface area contributed by atoms with E-state index < -0.39 is 5.41 Å². The fourth-order valence-electron chi connectivity index (χ4n) is 1.63. The van der Waals surface area contributed by atoms with Crippen molar-refractivity contribution in [3.05, 3.63) is 23.8 Å². The van der Waals surface area contributed by atoms with Crippen molar-refractivity contribution in [1.29, 1.82) is 0 Å². The minimum Gasteiger partial charge on any atom is -0.301 e. The molecule has 2 aromatic rings. The van der Waals surface area contributed by atoms with Gasteiger partial charge in [0.25, 0.3) is 0 Å². The molecule has 0 unspecified atom stereocenters. The van der Waals surface area contributed by atoms with Gasteiger partial charge >= 0.3 is 0 Å². The van der Waals surface area contributed by atoms with E-state index >= 15 is 0 Å². The van der Waals surface area contributed by atoms with Crippen molar-refractivity contribution >= 4 is 32.6 Å². The topological polar surface area (TPSA) is 42.0 Å². The highest BCUT2D eigenvalue weighted by Gasteiger charge is 2.22. The number of carbonyl (C=O) groups is 1. The van der Waals surface area contributed by atoms with Crippen LogP contribution in [0.25, 0.3) is 10.2 Å². The normalized spacial score (nSPS) is 11.8. The highest BCUT2D eigenvalue weighted by atomic mass is 32.1. The largest absolute Gasteiger partial charge is 0.301 e. The van der Waals surface area contributed by atoms with Gasteiger partial charge in [-0.1, -0.05) is 51.2 Å². The zero-order valence-corrected chi connectivity index (χ0v) is 12.0. The average Bonchev–Trinajstić information content (AvgIpc) is 2.69. The van der Waals surface area contributed by atoms with Crippen molar-refractivity contribution in [1.82, 2.24) is 4.98 Å². The highest BCUT2D eigenvalue weighted by Crippen LogP contribution is 2.29. The smallest absolute Gasteiger partial charge is 0.231 e. The molecule has 0 atom stereocenters. The lowest BCUT2D eigenvalue weighted by molar-refractivity contribution is -0.123. The summed E-state index contributed by atoms with van der Waals surface area (Å²) < 4.78 is 1.12. The molecule has 96 valence electrons. The number of amides is 1. The van der Waals surface area contributed by atoms with Crippen molar-refractivity contribution in [3.63, 3.8) is 0 Å². The molecule has 0 aliphatic heterocycles. The number of benzene rings is 1. The van der Waals surface area contributed by atoms with Crippen LogP contribution in [0, 0.1) is 5.41 Å². The molecule has 0 saturated carbocycles. The maximum Gasteiger partial charge on any atom is 0.231 e. The van der Waals surface area contributed by atoms with Gasteiger partial charge in [0.15, 0.2) is 5.13 Å². The predicted molar refractivity (Wildman–Crippen MR) is 77.1 cm³/mol. The Bertz CT molecular complexity index is 581. The molecule has 0 bridgehead atoms. The Hall–Kier alpha value is -1.42. The number of aromatic nitrogens is 1. The summed E-state index contributed by atoms with van der Waals surface area (Å²) in [6.07, 6.45) is 0.952. The summed E-state index contributed by atoms with van der Waals surface area (Å²) in [5.41, 5.74) is 1.83. The molecular weight excluding hydrogens is 244 g/mol. The van der Waals surface area contributed by atoms with Crippen molar-refractivity contribution in [3.8, 4) is 0 Å². The molecule has 0 aliphatic rings. The average molecular weight is 262 g/mol. The van der Waals surface area contributed by atoms with Crippen LogP contribution < -0.4 is 5.32 Å². The number of nitrogens with zero attached hydrogens (tertiary/aromatic N) is 1. The number of rotatable bonds is 2. The minimum absolute atomic E-state index is 0.000366. The summed E-state index contributed by atoms with van der Waals surface area (Å²) in [6, 6.07) is 6.16. The summed E-state index contributed by atoms with van der Waals surface area (Å²) in [4.78, 5) is 16.4. The molecule has 0 radical (unpaired) electrons.